The van der Waals surface area contributed by atoms with Crippen LogP contribution in [0.3, 0.4) is 0 Å². The van der Waals surface area contributed by atoms with E-state index in [0.717, 1.165) is 0 Å². The van der Waals surface area contributed by atoms with Gasteiger partial charge in [0.2, 0.25) is 5.39 Å². The van der Waals surface area contributed by atoms with Crippen LogP contribution in [0.2, 0.25) is 0 Å². The predicted molar refractivity (Wildman–Crippen MR) is 52.6 cm³/mol. The van der Waals surface area contributed by atoms with Crippen LogP contribution >= 0.6 is 0 Å². The van der Waals surface area contributed by atoms with Crippen molar-refractivity contribution in [1.29, 1.82) is 5.39 Å². The maximum atomic E-state index is 10.5. The zero-order valence-electron chi connectivity index (χ0n) is 7.61. The van der Waals surface area contributed by atoms with Gasteiger partial charge in [-0.2, -0.15) is 8.42 Å². The molecule has 0 saturated heterocycles. The molecular formula is C8H9N2O4S+. The average Bonchev–Trinajstić information content (AvgIpc) is 2.15. The first kappa shape index (κ1) is 11.6. The van der Waals surface area contributed by atoms with Crippen molar-refractivity contribution in [2.24, 2.45) is 0 Å². The lowest BCUT2D eigenvalue weighted by atomic mass is 10.1. The Labute approximate surface area is 86.5 Å². The second-order valence-electron chi connectivity index (χ2n) is 2.96. The van der Waals surface area contributed by atoms with Crippen molar-refractivity contribution in [2.75, 3.05) is 5.75 Å². The Kier molecular flexibility index (Phi) is 3.36. The van der Waals surface area contributed by atoms with E-state index in [1.54, 1.807) is 0 Å². The van der Waals surface area contributed by atoms with Crippen LogP contribution in [0.4, 0.5) is 5.69 Å². The minimum Gasteiger partial charge on any atom is -0.387 e. The molecular weight excluding hydrogens is 220 g/mol. The molecule has 2 N–H and O–H groups in total. The fourth-order valence-corrected chi connectivity index (χ4v) is 1.65. The molecule has 0 aliphatic carbocycles. The zero-order valence-corrected chi connectivity index (χ0v) is 8.42. The number of nitrogens with zero attached hydrogens (tertiary/aromatic N) is 2. The summed E-state index contributed by atoms with van der Waals surface area (Å²) < 4.78 is 29.5. The van der Waals surface area contributed by atoms with Crippen molar-refractivity contribution < 1.29 is 18.1 Å². The SMILES string of the molecule is N#[N+]c1ccc(C(O)CS(=O)(=O)O)cc1. The van der Waals surface area contributed by atoms with Gasteiger partial charge in [0.05, 0.1) is 6.10 Å². The van der Waals surface area contributed by atoms with E-state index in [-0.39, 0.29) is 5.69 Å². The molecule has 1 unspecified atom stereocenters. The lowest BCUT2D eigenvalue weighted by Crippen LogP contribution is -2.13. The summed E-state index contributed by atoms with van der Waals surface area (Å²) in [4.78, 5) is 2.90. The number of hydrogen-bond acceptors (Lipinski definition) is 4. The molecule has 0 aliphatic heterocycles. The quantitative estimate of drug-likeness (QED) is 0.596. The van der Waals surface area contributed by atoms with Crippen molar-refractivity contribution in [3.05, 3.63) is 34.8 Å². The van der Waals surface area contributed by atoms with Gasteiger partial charge in [0, 0.05) is 12.1 Å². The highest BCUT2D eigenvalue weighted by molar-refractivity contribution is 7.85. The number of aliphatic hydroxyl groups is 1. The summed E-state index contributed by atoms with van der Waals surface area (Å²) in [6.07, 6.45) is -1.30. The van der Waals surface area contributed by atoms with Gasteiger partial charge in [0.1, 0.15) is 5.75 Å². The normalized spacial score (nSPS) is 13.1. The summed E-state index contributed by atoms with van der Waals surface area (Å²) in [5.41, 5.74) is 0.609. The molecule has 1 aromatic carbocycles. The Morgan fingerprint density at radius 3 is 2.27 bits per heavy atom. The summed E-state index contributed by atoms with van der Waals surface area (Å²) >= 11 is 0. The first-order chi connectivity index (χ1) is 6.92. The third-order valence-electron chi connectivity index (χ3n) is 1.76. The van der Waals surface area contributed by atoms with Gasteiger partial charge < -0.3 is 5.11 Å². The number of rotatable bonds is 3. The molecule has 15 heavy (non-hydrogen) atoms. The largest absolute Gasteiger partial charge is 0.387 e. The maximum absolute atomic E-state index is 10.5. The Balaban J connectivity index is 2.84. The molecule has 1 atom stereocenters. The molecule has 1 aromatic rings. The smallest absolute Gasteiger partial charge is 0.385 e. The van der Waals surface area contributed by atoms with Gasteiger partial charge in [-0.15, -0.1) is 0 Å². The molecule has 7 heteroatoms. The average molecular weight is 229 g/mol. The molecule has 0 fully saturated rings. The van der Waals surface area contributed by atoms with Crippen molar-refractivity contribution in [3.8, 4) is 0 Å². The highest BCUT2D eigenvalue weighted by Crippen LogP contribution is 2.18. The lowest BCUT2D eigenvalue weighted by Gasteiger charge is -2.07. The van der Waals surface area contributed by atoms with Gasteiger partial charge >= 0.3 is 5.69 Å². The number of diazo groups is 1. The van der Waals surface area contributed by atoms with Gasteiger partial charge in [-0.05, 0) is 17.7 Å². The molecule has 0 spiro atoms. The molecule has 1 rings (SSSR count). The number of benzene rings is 1. The van der Waals surface area contributed by atoms with Gasteiger partial charge in [-0.25, -0.2) is 0 Å². The zero-order chi connectivity index (χ0) is 11.5. The second-order valence-corrected chi connectivity index (χ2v) is 4.45. The van der Waals surface area contributed by atoms with Crippen LogP contribution in [0.1, 0.15) is 11.7 Å². The molecule has 0 bridgehead atoms. The Morgan fingerprint density at radius 1 is 1.33 bits per heavy atom. The Morgan fingerprint density at radius 2 is 1.87 bits per heavy atom. The van der Waals surface area contributed by atoms with Crippen LogP contribution in [-0.2, 0) is 10.1 Å². The molecule has 0 amide bonds. The van der Waals surface area contributed by atoms with E-state index in [1.807, 2.05) is 0 Å². The third kappa shape index (κ3) is 3.63. The Bertz CT molecular complexity index is 474. The minimum absolute atomic E-state index is 0.290. The first-order valence-electron chi connectivity index (χ1n) is 4.00. The molecule has 0 aliphatic rings. The van der Waals surface area contributed by atoms with Crippen molar-refractivity contribution in [3.63, 3.8) is 0 Å². The van der Waals surface area contributed by atoms with Crippen LogP contribution in [0.15, 0.2) is 24.3 Å². The molecule has 80 valence electrons. The monoisotopic (exact) mass is 229 g/mol. The fraction of sp³-hybridized carbons (Fsp3) is 0.250. The van der Waals surface area contributed by atoms with Crippen molar-refractivity contribution in [1.82, 2.24) is 0 Å². The van der Waals surface area contributed by atoms with E-state index in [2.05, 4.69) is 4.98 Å². The van der Waals surface area contributed by atoms with Gasteiger partial charge in [0.25, 0.3) is 10.1 Å². The summed E-state index contributed by atoms with van der Waals surface area (Å²) in [5, 5.41) is 17.8. The lowest BCUT2D eigenvalue weighted by molar-refractivity contribution is 0.199. The highest BCUT2D eigenvalue weighted by Gasteiger charge is 2.16. The molecule has 0 heterocycles. The summed E-state index contributed by atoms with van der Waals surface area (Å²) in [5.74, 6) is -0.761. The van der Waals surface area contributed by atoms with Crippen LogP contribution in [0.5, 0.6) is 0 Å². The van der Waals surface area contributed by atoms with E-state index < -0.39 is 22.0 Å². The van der Waals surface area contributed by atoms with Crippen molar-refractivity contribution in [2.45, 2.75) is 6.10 Å². The van der Waals surface area contributed by atoms with Gasteiger partial charge in [-0.1, -0.05) is 0 Å². The van der Waals surface area contributed by atoms with E-state index in [1.165, 1.54) is 24.3 Å². The highest BCUT2D eigenvalue weighted by atomic mass is 32.2. The van der Waals surface area contributed by atoms with Crippen LogP contribution < -0.4 is 0 Å². The van der Waals surface area contributed by atoms with E-state index in [4.69, 9.17) is 9.95 Å². The summed E-state index contributed by atoms with van der Waals surface area (Å²) in [7, 11) is -4.21. The van der Waals surface area contributed by atoms with Gasteiger partial charge in [-0.3, -0.25) is 4.55 Å². The number of aliphatic hydroxyl groups excluding tert-OH is 1. The van der Waals surface area contributed by atoms with E-state index >= 15 is 0 Å². The topological polar surface area (TPSA) is 103 Å². The first-order valence-corrected chi connectivity index (χ1v) is 5.61. The van der Waals surface area contributed by atoms with E-state index in [0.29, 0.717) is 5.56 Å². The minimum atomic E-state index is -4.21. The Hall–Kier alpha value is -1.49. The maximum Gasteiger partial charge on any atom is 0.385 e. The standard InChI is InChI=1S/C8H8N2O4S/c9-10-7-3-1-6(2-4-7)8(11)5-15(12,13)14/h1-4,8,11H,5H2/p+1. The third-order valence-corrected chi connectivity index (χ3v) is 2.50. The van der Waals surface area contributed by atoms with E-state index in [9.17, 15) is 13.5 Å². The van der Waals surface area contributed by atoms with Crippen LogP contribution in [-0.4, -0.2) is 23.8 Å². The predicted octanol–water partition coefficient (Wildman–Crippen LogP) is 1.09. The van der Waals surface area contributed by atoms with Crippen molar-refractivity contribution >= 4 is 15.8 Å². The fourth-order valence-electron chi connectivity index (χ4n) is 1.06. The summed E-state index contributed by atoms with van der Waals surface area (Å²) in [6, 6.07) is 5.63. The molecule has 6 nitrogen and oxygen atoms in total. The molecule has 0 aromatic heterocycles. The second kappa shape index (κ2) is 4.35. The molecule has 0 radical (unpaired) electrons. The molecule has 0 saturated carbocycles. The number of hydrogen-bond donors (Lipinski definition) is 2. The van der Waals surface area contributed by atoms with Crippen LogP contribution in [0.25, 0.3) is 4.98 Å². The van der Waals surface area contributed by atoms with Gasteiger partial charge in [0.15, 0.2) is 4.98 Å². The summed E-state index contributed by atoms with van der Waals surface area (Å²) in [6.45, 7) is 0. The van der Waals surface area contributed by atoms with Crippen LogP contribution in [0, 0.1) is 5.39 Å².